The first-order chi connectivity index (χ1) is 8.34. The molecule has 1 atom stereocenters. The molecule has 0 radical (unpaired) electrons. The lowest BCUT2D eigenvalue weighted by Gasteiger charge is -2.43. The Kier molecular flexibility index (Phi) is 2.89. The molecule has 0 N–H and O–H groups in total. The molecule has 3 heterocycles. The van der Waals surface area contributed by atoms with Crippen molar-refractivity contribution in [1.29, 1.82) is 0 Å². The van der Waals surface area contributed by atoms with E-state index in [9.17, 15) is 4.79 Å². The molecule has 2 fully saturated rings. The number of piperazine rings is 1. The molecule has 1 aromatic rings. The second-order valence-electron chi connectivity index (χ2n) is 4.91. The summed E-state index contributed by atoms with van der Waals surface area (Å²) < 4.78 is 5.18. The maximum atomic E-state index is 12.1. The van der Waals surface area contributed by atoms with Crippen LogP contribution in [0.25, 0.3) is 0 Å². The van der Waals surface area contributed by atoms with Gasteiger partial charge >= 0.3 is 0 Å². The number of nitrogens with zero attached hydrogens (tertiary/aromatic N) is 2. The van der Waals surface area contributed by atoms with Gasteiger partial charge in [0.05, 0.1) is 6.26 Å². The Labute approximate surface area is 101 Å². The fourth-order valence-electron chi connectivity index (χ4n) is 2.90. The first-order valence-electron chi connectivity index (χ1n) is 6.41. The third kappa shape index (κ3) is 2.09. The highest BCUT2D eigenvalue weighted by Crippen LogP contribution is 2.22. The van der Waals surface area contributed by atoms with Gasteiger partial charge in [0.1, 0.15) is 0 Å². The topological polar surface area (TPSA) is 36.7 Å². The average molecular weight is 234 g/mol. The zero-order valence-electron chi connectivity index (χ0n) is 9.97. The van der Waals surface area contributed by atoms with Gasteiger partial charge in [-0.15, -0.1) is 0 Å². The summed E-state index contributed by atoms with van der Waals surface area (Å²) in [4.78, 5) is 16.6. The van der Waals surface area contributed by atoms with Gasteiger partial charge in [0.15, 0.2) is 5.76 Å². The van der Waals surface area contributed by atoms with Crippen molar-refractivity contribution in [1.82, 2.24) is 9.80 Å². The second kappa shape index (κ2) is 4.53. The number of carbonyl (C=O) groups excluding carboxylic acids is 1. The third-order valence-corrected chi connectivity index (χ3v) is 3.86. The minimum atomic E-state index is 0.0419. The summed E-state index contributed by atoms with van der Waals surface area (Å²) in [6, 6.07) is 4.08. The molecule has 1 unspecified atom stereocenters. The van der Waals surface area contributed by atoms with Crippen molar-refractivity contribution in [3.63, 3.8) is 0 Å². The second-order valence-corrected chi connectivity index (χ2v) is 4.91. The van der Waals surface area contributed by atoms with E-state index in [0.717, 1.165) is 19.6 Å². The molecule has 0 aliphatic carbocycles. The Bertz CT molecular complexity index is 388. The molecule has 92 valence electrons. The predicted molar refractivity (Wildman–Crippen MR) is 63.8 cm³/mol. The van der Waals surface area contributed by atoms with E-state index in [-0.39, 0.29) is 5.91 Å². The van der Waals surface area contributed by atoms with E-state index in [2.05, 4.69) is 4.90 Å². The Morgan fingerprint density at radius 1 is 1.29 bits per heavy atom. The molecule has 2 aliphatic rings. The maximum absolute atomic E-state index is 12.1. The van der Waals surface area contributed by atoms with Gasteiger partial charge in [-0.2, -0.15) is 0 Å². The van der Waals surface area contributed by atoms with Gasteiger partial charge in [-0.3, -0.25) is 9.69 Å². The molecule has 2 saturated heterocycles. The minimum Gasteiger partial charge on any atom is -0.459 e. The summed E-state index contributed by atoms with van der Waals surface area (Å²) in [6.45, 7) is 3.90. The first kappa shape index (κ1) is 10.8. The molecule has 4 heteroatoms. The van der Waals surface area contributed by atoms with Crippen molar-refractivity contribution in [2.45, 2.75) is 25.3 Å². The molecule has 4 nitrogen and oxygen atoms in total. The summed E-state index contributed by atoms with van der Waals surface area (Å²) in [6.07, 6.45) is 5.39. The fourth-order valence-corrected chi connectivity index (χ4v) is 2.90. The highest BCUT2D eigenvalue weighted by Gasteiger charge is 2.31. The van der Waals surface area contributed by atoms with Crippen molar-refractivity contribution in [2.75, 3.05) is 26.2 Å². The van der Waals surface area contributed by atoms with E-state index >= 15 is 0 Å². The van der Waals surface area contributed by atoms with Crippen LogP contribution in [0.15, 0.2) is 22.8 Å². The smallest absolute Gasteiger partial charge is 0.289 e. The van der Waals surface area contributed by atoms with E-state index in [0.29, 0.717) is 11.8 Å². The summed E-state index contributed by atoms with van der Waals surface area (Å²) in [5, 5.41) is 0. The Morgan fingerprint density at radius 3 is 3.06 bits per heavy atom. The molecule has 0 aromatic carbocycles. The zero-order valence-corrected chi connectivity index (χ0v) is 9.97. The van der Waals surface area contributed by atoms with Crippen LogP contribution in [0, 0.1) is 0 Å². The molecule has 17 heavy (non-hydrogen) atoms. The lowest BCUT2D eigenvalue weighted by molar-refractivity contribution is 0.0350. The first-order valence-corrected chi connectivity index (χ1v) is 6.41. The normalized spacial score (nSPS) is 25.6. The van der Waals surface area contributed by atoms with E-state index in [1.807, 2.05) is 4.90 Å². The van der Waals surface area contributed by atoms with E-state index in [1.54, 1.807) is 18.4 Å². The fraction of sp³-hybridized carbons (Fsp3) is 0.615. The minimum absolute atomic E-state index is 0.0419. The van der Waals surface area contributed by atoms with Crippen LogP contribution >= 0.6 is 0 Å². The summed E-state index contributed by atoms with van der Waals surface area (Å²) in [7, 11) is 0. The number of fused-ring (bicyclic) bond motifs is 1. The predicted octanol–water partition coefficient (Wildman–Crippen LogP) is 1.59. The van der Waals surface area contributed by atoms with Crippen molar-refractivity contribution in [3.8, 4) is 0 Å². The van der Waals surface area contributed by atoms with Crippen LogP contribution in [0.2, 0.25) is 0 Å². The number of furan rings is 1. The van der Waals surface area contributed by atoms with Crippen molar-refractivity contribution in [3.05, 3.63) is 24.2 Å². The van der Waals surface area contributed by atoms with Gasteiger partial charge in [-0.25, -0.2) is 0 Å². The largest absolute Gasteiger partial charge is 0.459 e. The van der Waals surface area contributed by atoms with Crippen LogP contribution in [0.5, 0.6) is 0 Å². The van der Waals surface area contributed by atoms with Crippen LogP contribution in [0.4, 0.5) is 0 Å². The van der Waals surface area contributed by atoms with Crippen LogP contribution in [-0.2, 0) is 0 Å². The van der Waals surface area contributed by atoms with E-state index in [4.69, 9.17) is 4.42 Å². The average Bonchev–Trinajstić information content (AvgIpc) is 2.91. The third-order valence-electron chi connectivity index (χ3n) is 3.86. The molecule has 2 aliphatic heterocycles. The monoisotopic (exact) mass is 234 g/mol. The van der Waals surface area contributed by atoms with Gasteiger partial charge in [0, 0.05) is 25.7 Å². The molecule has 1 aromatic heterocycles. The van der Waals surface area contributed by atoms with Gasteiger partial charge < -0.3 is 9.32 Å². The van der Waals surface area contributed by atoms with Crippen LogP contribution in [-0.4, -0.2) is 47.9 Å². The highest BCUT2D eigenvalue weighted by molar-refractivity contribution is 5.91. The number of rotatable bonds is 1. The van der Waals surface area contributed by atoms with Crippen LogP contribution in [0.1, 0.15) is 29.8 Å². The number of carbonyl (C=O) groups is 1. The maximum Gasteiger partial charge on any atom is 0.289 e. The summed E-state index contributed by atoms with van der Waals surface area (Å²) >= 11 is 0. The van der Waals surface area contributed by atoms with Crippen LogP contribution in [0.3, 0.4) is 0 Å². The quantitative estimate of drug-likeness (QED) is 0.740. The number of piperidine rings is 1. The molecule has 0 saturated carbocycles. The Morgan fingerprint density at radius 2 is 2.24 bits per heavy atom. The zero-order chi connectivity index (χ0) is 11.7. The van der Waals surface area contributed by atoms with Gasteiger partial charge in [0.25, 0.3) is 5.91 Å². The van der Waals surface area contributed by atoms with Crippen molar-refractivity contribution >= 4 is 5.91 Å². The standard InChI is InChI=1S/C13H18N2O2/c16-13(12-5-3-9-17-12)15-8-7-14-6-2-1-4-11(14)10-15/h3,5,9,11H,1-2,4,6-8,10H2. The Balaban J connectivity index is 1.67. The van der Waals surface area contributed by atoms with Gasteiger partial charge in [-0.1, -0.05) is 6.42 Å². The molecule has 3 rings (SSSR count). The van der Waals surface area contributed by atoms with E-state index < -0.39 is 0 Å². The summed E-state index contributed by atoms with van der Waals surface area (Å²) in [5.41, 5.74) is 0. The van der Waals surface area contributed by atoms with Crippen molar-refractivity contribution < 1.29 is 9.21 Å². The molecular weight excluding hydrogens is 216 g/mol. The lowest BCUT2D eigenvalue weighted by atomic mass is 9.99. The van der Waals surface area contributed by atoms with E-state index in [1.165, 1.54) is 25.8 Å². The molecule has 0 bridgehead atoms. The van der Waals surface area contributed by atoms with Gasteiger partial charge in [0.2, 0.25) is 0 Å². The lowest BCUT2D eigenvalue weighted by Crippen LogP contribution is -2.56. The molecule has 1 amide bonds. The van der Waals surface area contributed by atoms with Gasteiger partial charge in [-0.05, 0) is 31.5 Å². The molecule has 0 spiro atoms. The molecular formula is C13H18N2O2. The summed E-state index contributed by atoms with van der Waals surface area (Å²) in [5.74, 6) is 0.509. The number of hydrogen-bond donors (Lipinski definition) is 0. The number of amides is 1. The highest BCUT2D eigenvalue weighted by atomic mass is 16.3. The van der Waals surface area contributed by atoms with Crippen molar-refractivity contribution in [2.24, 2.45) is 0 Å². The van der Waals surface area contributed by atoms with Crippen LogP contribution < -0.4 is 0 Å². The Hall–Kier alpha value is -1.29. The SMILES string of the molecule is O=C(c1ccco1)N1CCN2CCCCC2C1. The number of hydrogen-bond acceptors (Lipinski definition) is 3.